The van der Waals surface area contributed by atoms with Crippen LogP contribution in [0.4, 0.5) is 17.1 Å². The van der Waals surface area contributed by atoms with Crippen molar-refractivity contribution < 1.29 is 23.9 Å². The molecule has 1 atom stereocenters. The van der Waals surface area contributed by atoms with E-state index in [1.807, 2.05) is 6.07 Å². The van der Waals surface area contributed by atoms with Gasteiger partial charge in [0, 0.05) is 38.0 Å². The standard InChI is InChI=1S/C24H26N4O5/c1-26(2)23(30)15-6-8-17-19(11-15)28(24(31)18-5-3-4-10-27(17)18)13-22(29)25-16-7-9-20-21(12-16)33-14-32-20/h6-9,11-12,18H,3-5,10,13-14H2,1-2H3,(H,25,29)/t18-/m1/s1. The first-order valence-corrected chi connectivity index (χ1v) is 11.1. The summed E-state index contributed by atoms with van der Waals surface area (Å²) >= 11 is 0. The van der Waals surface area contributed by atoms with Gasteiger partial charge in [0.2, 0.25) is 18.6 Å². The molecule has 0 radical (unpaired) electrons. The van der Waals surface area contributed by atoms with E-state index in [9.17, 15) is 14.4 Å². The molecule has 2 aromatic carbocycles. The molecule has 1 N–H and O–H groups in total. The minimum Gasteiger partial charge on any atom is -0.454 e. The first-order chi connectivity index (χ1) is 15.9. The van der Waals surface area contributed by atoms with Gasteiger partial charge in [-0.2, -0.15) is 0 Å². The lowest BCUT2D eigenvalue weighted by molar-refractivity contribution is -0.123. The number of rotatable bonds is 4. The zero-order chi connectivity index (χ0) is 23.1. The minimum absolute atomic E-state index is 0.113. The van der Waals surface area contributed by atoms with E-state index in [0.29, 0.717) is 28.4 Å². The Bertz CT molecular complexity index is 1130. The molecule has 0 saturated carbocycles. The fraction of sp³-hybridized carbons (Fsp3) is 0.375. The van der Waals surface area contributed by atoms with E-state index in [0.717, 1.165) is 31.5 Å². The van der Waals surface area contributed by atoms with Crippen LogP contribution in [0, 0.1) is 0 Å². The monoisotopic (exact) mass is 450 g/mol. The molecule has 0 bridgehead atoms. The Hall–Kier alpha value is -3.75. The van der Waals surface area contributed by atoms with Crippen LogP contribution in [0.1, 0.15) is 29.6 Å². The number of hydrogen-bond donors (Lipinski definition) is 1. The molecule has 3 heterocycles. The number of benzene rings is 2. The van der Waals surface area contributed by atoms with E-state index in [-0.39, 0.29) is 37.1 Å². The summed E-state index contributed by atoms with van der Waals surface area (Å²) in [6.07, 6.45) is 2.72. The van der Waals surface area contributed by atoms with Crippen molar-refractivity contribution in [2.24, 2.45) is 0 Å². The van der Waals surface area contributed by atoms with Crippen LogP contribution < -0.4 is 24.6 Å². The van der Waals surface area contributed by atoms with E-state index in [1.165, 1.54) is 9.80 Å². The van der Waals surface area contributed by atoms with Gasteiger partial charge in [-0.1, -0.05) is 0 Å². The fourth-order valence-electron chi connectivity index (χ4n) is 4.63. The summed E-state index contributed by atoms with van der Waals surface area (Å²) < 4.78 is 10.7. The highest BCUT2D eigenvalue weighted by atomic mass is 16.7. The van der Waals surface area contributed by atoms with Crippen LogP contribution in [0.25, 0.3) is 0 Å². The van der Waals surface area contributed by atoms with Crippen LogP contribution in [0.3, 0.4) is 0 Å². The van der Waals surface area contributed by atoms with E-state index in [1.54, 1.807) is 44.4 Å². The molecule has 9 nitrogen and oxygen atoms in total. The number of carbonyl (C=O) groups excluding carboxylic acids is 3. The number of hydrogen-bond acceptors (Lipinski definition) is 6. The maximum absolute atomic E-state index is 13.5. The van der Waals surface area contributed by atoms with Gasteiger partial charge in [-0.3, -0.25) is 19.3 Å². The van der Waals surface area contributed by atoms with Crippen molar-refractivity contribution >= 4 is 34.8 Å². The normalized spacial score (nSPS) is 18.5. The van der Waals surface area contributed by atoms with E-state index >= 15 is 0 Å². The molecule has 3 aliphatic rings. The molecule has 1 fully saturated rings. The molecule has 1 saturated heterocycles. The van der Waals surface area contributed by atoms with E-state index < -0.39 is 0 Å². The zero-order valence-electron chi connectivity index (χ0n) is 18.7. The maximum atomic E-state index is 13.5. The first kappa shape index (κ1) is 21.1. The quantitative estimate of drug-likeness (QED) is 0.770. The Morgan fingerprint density at radius 1 is 1.06 bits per heavy atom. The third-order valence-electron chi connectivity index (χ3n) is 6.24. The molecule has 172 valence electrons. The summed E-state index contributed by atoms with van der Waals surface area (Å²) in [5.41, 5.74) is 2.50. The molecule has 2 aromatic rings. The molecule has 0 spiro atoms. The van der Waals surface area contributed by atoms with Gasteiger partial charge in [-0.15, -0.1) is 0 Å². The predicted octanol–water partition coefficient (Wildman–Crippen LogP) is 2.46. The number of piperidine rings is 1. The highest BCUT2D eigenvalue weighted by molar-refractivity contribution is 6.11. The average Bonchev–Trinajstić information content (AvgIpc) is 3.29. The highest BCUT2D eigenvalue weighted by Gasteiger charge is 2.40. The first-order valence-electron chi connectivity index (χ1n) is 11.1. The van der Waals surface area contributed by atoms with Gasteiger partial charge in [0.15, 0.2) is 11.5 Å². The number of nitrogens with one attached hydrogen (secondary N) is 1. The smallest absolute Gasteiger partial charge is 0.253 e. The predicted molar refractivity (Wildman–Crippen MR) is 123 cm³/mol. The van der Waals surface area contributed by atoms with Gasteiger partial charge in [-0.05, 0) is 49.6 Å². The van der Waals surface area contributed by atoms with Crippen molar-refractivity contribution in [1.29, 1.82) is 0 Å². The lowest BCUT2D eigenvalue weighted by Crippen LogP contribution is -2.56. The van der Waals surface area contributed by atoms with Gasteiger partial charge in [0.05, 0.1) is 11.4 Å². The topological polar surface area (TPSA) is 91.4 Å². The SMILES string of the molecule is CN(C)C(=O)c1ccc2c(c1)N(CC(=O)Nc1ccc3c(c1)OCO3)C(=O)[C@H]1CCCCN21. The highest BCUT2D eigenvalue weighted by Crippen LogP contribution is 2.40. The Kier molecular flexibility index (Phi) is 5.32. The summed E-state index contributed by atoms with van der Waals surface area (Å²) in [4.78, 5) is 44.1. The zero-order valence-corrected chi connectivity index (χ0v) is 18.7. The average molecular weight is 450 g/mol. The summed E-state index contributed by atoms with van der Waals surface area (Å²) in [5, 5.41) is 2.84. The van der Waals surface area contributed by atoms with Crippen LogP contribution in [-0.4, -0.2) is 62.6 Å². The van der Waals surface area contributed by atoms with Crippen molar-refractivity contribution in [3.8, 4) is 11.5 Å². The van der Waals surface area contributed by atoms with Crippen LogP contribution >= 0.6 is 0 Å². The largest absolute Gasteiger partial charge is 0.454 e. The molecule has 33 heavy (non-hydrogen) atoms. The van der Waals surface area contributed by atoms with Crippen molar-refractivity contribution in [3.05, 3.63) is 42.0 Å². The Balaban J connectivity index is 1.44. The second-order valence-electron chi connectivity index (χ2n) is 8.65. The van der Waals surface area contributed by atoms with Gasteiger partial charge < -0.3 is 24.6 Å². The second kappa shape index (κ2) is 8.31. The summed E-state index contributed by atoms with van der Waals surface area (Å²) in [6, 6.07) is 10.3. The van der Waals surface area contributed by atoms with Gasteiger partial charge in [-0.25, -0.2) is 0 Å². The molecule has 0 aromatic heterocycles. The Morgan fingerprint density at radius 3 is 2.70 bits per heavy atom. The van der Waals surface area contributed by atoms with E-state index in [2.05, 4.69) is 10.2 Å². The second-order valence-corrected chi connectivity index (χ2v) is 8.65. The summed E-state index contributed by atoms with van der Waals surface area (Å²) in [5.74, 6) is 0.593. The molecule has 9 heteroatoms. The Labute approximate surface area is 191 Å². The van der Waals surface area contributed by atoms with Crippen molar-refractivity contribution in [3.63, 3.8) is 0 Å². The molecule has 5 rings (SSSR count). The molecule has 3 aliphatic heterocycles. The van der Waals surface area contributed by atoms with Crippen molar-refractivity contribution in [2.45, 2.75) is 25.3 Å². The number of carbonyl (C=O) groups is 3. The van der Waals surface area contributed by atoms with Crippen LogP contribution in [-0.2, 0) is 9.59 Å². The number of amides is 3. The molecule has 0 unspecified atom stereocenters. The molecular weight excluding hydrogens is 424 g/mol. The third-order valence-corrected chi connectivity index (χ3v) is 6.24. The van der Waals surface area contributed by atoms with Crippen LogP contribution in [0.15, 0.2) is 36.4 Å². The van der Waals surface area contributed by atoms with Crippen molar-refractivity contribution in [1.82, 2.24) is 4.90 Å². The molecule has 0 aliphatic carbocycles. The summed E-state index contributed by atoms with van der Waals surface area (Å²) in [7, 11) is 3.37. The van der Waals surface area contributed by atoms with Crippen LogP contribution in [0.2, 0.25) is 0 Å². The third kappa shape index (κ3) is 3.83. The molecule has 3 amide bonds. The lowest BCUT2D eigenvalue weighted by atomic mass is 9.95. The van der Waals surface area contributed by atoms with E-state index in [4.69, 9.17) is 9.47 Å². The fourth-order valence-corrected chi connectivity index (χ4v) is 4.63. The number of nitrogens with zero attached hydrogens (tertiary/aromatic N) is 3. The number of anilines is 3. The minimum atomic E-state index is -0.332. The lowest BCUT2D eigenvalue weighted by Gasteiger charge is -2.45. The number of ether oxygens (including phenoxy) is 2. The summed E-state index contributed by atoms with van der Waals surface area (Å²) in [6.45, 7) is 0.781. The van der Waals surface area contributed by atoms with Gasteiger partial charge in [0.1, 0.15) is 12.6 Å². The van der Waals surface area contributed by atoms with Gasteiger partial charge >= 0.3 is 0 Å². The Morgan fingerprint density at radius 2 is 1.88 bits per heavy atom. The van der Waals surface area contributed by atoms with Crippen molar-refractivity contribution in [2.75, 3.05) is 49.1 Å². The van der Waals surface area contributed by atoms with Crippen LogP contribution in [0.5, 0.6) is 11.5 Å². The maximum Gasteiger partial charge on any atom is 0.253 e. The molecular formula is C24H26N4O5. The van der Waals surface area contributed by atoms with Gasteiger partial charge in [0.25, 0.3) is 5.91 Å². The number of fused-ring (bicyclic) bond motifs is 4.